The van der Waals surface area contributed by atoms with E-state index in [1.165, 1.54) is 0 Å². The Morgan fingerprint density at radius 3 is 1.84 bits per heavy atom. The zero-order valence-corrected chi connectivity index (χ0v) is 19.1. The van der Waals surface area contributed by atoms with Crippen molar-refractivity contribution in [2.45, 2.75) is 51.1 Å². The van der Waals surface area contributed by atoms with E-state index in [4.69, 9.17) is 27.9 Å². The number of carbonyl (C=O) groups excluding carboxylic acids is 2. The van der Waals surface area contributed by atoms with Crippen LogP contribution in [0, 0.1) is 5.92 Å². The summed E-state index contributed by atoms with van der Waals surface area (Å²) in [5.41, 5.74) is 1.40. The Hall–Kier alpha value is -2.24. The highest BCUT2D eigenvalue weighted by Gasteiger charge is 2.38. The van der Waals surface area contributed by atoms with Gasteiger partial charge in [-0.1, -0.05) is 42.5 Å². The van der Waals surface area contributed by atoms with Crippen LogP contribution in [0.5, 0.6) is 0 Å². The summed E-state index contributed by atoms with van der Waals surface area (Å²) in [6.07, 6.45) is 4.88. The van der Waals surface area contributed by atoms with Crippen LogP contribution in [-0.4, -0.2) is 30.4 Å². The van der Waals surface area contributed by atoms with Gasteiger partial charge in [-0.25, -0.2) is 4.79 Å². The molecule has 166 valence electrons. The molecule has 0 amide bonds. The van der Waals surface area contributed by atoms with Crippen LogP contribution < -0.4 is 10.6 Å². The number of Topliss-reactive ketones (excluding diaryl/α,β-unsaturated/α-hetero) is 1. The average molecular weight is 463 g/mol. The van der Waals surface area contributed by atoms with E-state index >= 15 is 0 Å². The highest BCUT2D eigenvalue weighted by Crippen LogP contribution is 2.28. The predicted molar refractivity (Wildman–Crippen MR) is 126 cm³/mol. The quantitative estimate of drug-likeness (QED) is 0.449. The van der Waals surface area contributed by atoms with Gasteiger partial charge in [-0.15, -0.1) is 0 Å². The second-order valence-electron chi connectivity index (χ2n) is 7.75. The molecule has 0 bridgehead atoms. The van der Waals surface area contributed by atoms with Crippen molar-refractivity contribution in [3.05, 3.63) is 58.6 Å². The van der Waals surface area contributed by atoms with Crippen LogP contribution in [0.1, 0.15) is 39.0 Å². The third-order valence-electron chi connectivity index (χ3n) is 5.52. The van der Waals surface area contributed by atoms with Gasteiger partial charge in [-0.3, -0.25) is 4.79 Å². The zero-order valence-electron chi connectivity index (χ0n) is 17.6. The van der Waals surface area contributed by atoms with Gasteiger partial charge in [0.05, 0.1) is 6.61 Å². The summed E-state index contributed by atoms with van der Waals surface area (Å²) in [6, 6.07) is 12.4. The molecule has 1 aliphatic carbocycles. The standard InChI is InChI=1S/C24H28Cl2N2O3/c1-2-31-24(30)22(28-20-14-10-18(26)11-15-20)21(23(29)16-6-4-3-5-7-16)27-19-12-8-17(25)9-13-19/h8-16,21-22,27-28H,2-7H2,1H3/t21?,22-/m1/s1. The Bertz CT molecular complexity index is 865. The second kappa shape index (κ2) is 11.4. The lowest BCUT2D eigenvalue weighted by atomic mass is 9.82. The van der Waals surface area contributed by atoms with Gasteiger partial charge < -0.3 is 15.4 Å². The van der Waals surface area contributed by atoms with E-state index in [0.717, 1.165) is 32.1 Å². The summed E-state index contributed by atoms with van der Waals surface area (Å²) in [5, 5.41) is 7.67. The molecule has 0 aromatic heterocycles. The molecule has 3 rings (SSSR count). The summed E-state index contributed by atoms with van der Waals surface area (Å²) in [5.74, 6) is -0.537. The lowest BCUT2D eigenvalue weighted by Crippen LogP contribution is -2.52. The highest BCUT2D eigenvalue weighted by atomic mass is 35.5. The van der Waals surface area contributed by atoms with Gasteiger partial charge in [-0.05, 0) is 68.3 Å². The number of hydrogen-bond acceptors (Lipinski definition) is 5. The van der Waals surface area contributed by atoms with Crippen molar-refractivity contribution in [2.24, 2.45) is 5.92 Å². The largest absolute Gasteiger partial charge is 0.464 e. The SMILES string of the molecule is CCOC(=O)[C@H](Nc1ccc(Cl)cc1)C(Nc1ccc(Cl)cc1)C(=O)C1CCCCC1. The Labute approximate surface area is 193 Å². The maximum absolute atomic E-state index is 13.6. The Balaban J connectivity index is 1.93. The Kier molecular flexibility index (Phi) is 8.61. The summed E-state index contributed by atoms with van der Waals surface area (Å²) in [7, 11) is 0. The second-order valence-corrected chi connectivity index (χ2v) is 8.62. The van der Waals surface area contributed by atoms with Crippen LogP contribution in [0.2, 0.25) is 10.0 Å². The molecular weight excluding hydrogens is 435 g/mol. The fourth-order valence-electron chi connectivity index (χ4n) is 3.92. The summed E-state index contributed by atoms with van der Waals surface area (Å²) in [6.45, 7) is 1.98. The number of esters is 1. The van der Waals surface area contributed by atoms with Crippen LogP contribution in [0.4, 0.5) is 11.4 Å². The minimum atomic E-state index is -0.897. The summed E-state index contributed by atoms with van der Waals surface area (Å²) in [4.78, 5) is 26.6. The minimum absolute atomic E-state index is 0.0224. The first-order valence-corrected chi connectivity index (χ1v) is 11.5. The number of ketones is 1. The number of ether oxygens (including phenoxy) is 1. The van der Waals surface area contributed by atoms with Crippen LogP contribution in [-0.2, 0) is 14.3 Å². The number of anilines is 2. The molecule has 1 unspecified atom stereocenters. The number of nitrogens with one attached hydrogen (secondary N) is 2. The zero-order chi connectivity index (χ0) is 22.2. The molecule has 0 heterocycles. The van der Waals surface area contributed by atoms with Crippen LogP contribution in [0.25, 0.3) is 0 Å². The molecule has 1 saturated carbocycles. The van der Waals surface area contributed by atoms with E-state index in [1.54, 1.807) is 55.5 Å². The summed E-state index contributed by atoms with van der Waals surface area (Å²) < 4.78 is 5.33. The topological polar surface area (TPSA) is 67.4 Å². The van der Waals surface area contributed by atoms with Crippen molar-refractivity contribution in [1.29, 1.82) is 0 Å². The molecule has 7 heteroatoms. The van der Waals surface area contributed by atoms with Crippen molar-refractivity contribution in [3.63, 3.8) is 0 Å². The molecule has 0 aliphatic heterocycles. The van der Waals surface area contributed by atoms with Gasteiger partial charge >= 0.3 is 5.97 Å². The molecule has 2 aromatic carbocycles. The van der Waals surface area contributed by atoms with E-state index in [1.807, 2.05) is 0 Å². The van der Waals surface area contributed by atoms with Crippen molar-refractivity contribution in [2.75, 3.05) is 17.2 Å². The minimum Gasteiger partial charge on any atom is -0.464 e. The first-order chi connectivity index (χ1) is 15.0. The number of rotatable bonds is 9. The van der Waals surface area contributed by atoms with Crippen molar-refractivity contribution >= 4 is 46.3 Å². The molecule has 0 radical (unpaired) electrons. The molecule has 2 aromatic rings. The number of hydrogen-bond donors (Lipinski definition) is 2. The molecule has 0 spiro atoms. The fraction of sp³-hybridized carbons (Fsp3) is 0.417. The molecule has 1 fully saturated rings. The van der Waals surface area contributed by atoms with Crippen molar-refractivity contribution < 1.29 is 14.3 Å². The van der Waals surface area contributed by atoms with Gasteiger partial charge in [0.1, 0.15) is 6.04 Å². The van der Waals surface area contributed by atoms with E-state index in [0.29, 0.717) is 21.4 Å². The van der Waals surface area contributed by atoms with Crippen LogP contribution >= 0.6 is 23.2 Å². The van der Waals surface area contributed by atoms with Gasteiger partial charge in [0.2, 0.25) is 0 Å². The van der Waals surface area contributed by atoms with Gasteiger partial charge in [0, 0.05) is 27.3 Å². The molecule has 5 nitrogen and oxygen atoms in total. The van der Waals surface area contributed by atoms with Gasteiger partial charge in [0.15, 0.2) is 11.8 Å². The number of halogens is 2. The van der Waals surface area contributed by atoms with E-state index in [-0.39, 0.29) is 18.3 Å². The van der Waals surface area contributed by atoms with Crippen LogP contribution in [0.3, 0.4) is 0 Å². The lowest BCUT2D eigenvalue weighted by Gasteiger charge is -2.32. The molecule has 2 N–H and O–H groups in total. The third kappa shape index (κ3) is 6.62. The van der Waals surface area contributed by atoms with E-state index in [9.17, 15) is 9.59 Å². The number of benzene rings is 2. The van der Waals surface area contributed by atoms with Crippen molar-refractivity contribution in [3.8, 4) is 0 Å². The number of carbonyl (C=O) groups is 2. The normalized spacial score (nSPS) is 16.2. The molecule has 0 saturated heterocycles. The molecular formula is C24H28Cl2N2O3. The van der Waals surface area contributed by atoms with Gasteiger partial charge in [-0.2, -0.15) is 0 Å². The fourth-order valence-corrected chi connectivity index (χ4v) is 4.17. The maximum Gasteiger partial charge on any atom is 0.331 e. The summed E-state index contributed by atoms with van der Waals surface area (Å²) >= 11 is 12.0. The molecule has 1 aliphatic rings. The Morgan fingerprint density at radius 1 is 0.871 bits per heavy atom. The van der Waals surface area contributed by atoms with E-state index < -0.39 is 18.1 Å². The molecule has 31 heavy (non-hydrogen) atoms. The predicted octanol–water partition coefficient (Wildman–Crippen LogP) is 5.97. The maximum atomic E-state index is 13.6. The van der Waals surface area contributed by atoms with Crippen LogP contribution in [0.15, 0.2) is 48.5 Å². The van der Waals surface area contributed by atoms with Gasteiger partial charge in [0.25, 0.3) is 0 Å². The lowest BCUT2D eigenvalue weighted by molar-refractivity contribution is -0.146. The highest BCUT2D eigenvalue weighted by molar-refractivity contribution is 6.30. The average Bonchev–Trinajstić information content (AvgIpc) is 2.79. The van der Waals surface area contributed by atoms with Crippen molar-refractivity contribution in [1.82, 2.24) is 0 Å². The third-order valence-corrected chi connectivity index (χ3v) is 6.02. The van der Waals surface area contributed by atoms with E-state index in [2.05, 4.69) is 10.6 Å². The first kappa shape index (κ1) is 23.4. The molecule has 2 atom stereocenters. The first-order valence-electron chi connectivity index (χ1n) is 10.7. The monoisotopic (exact) mass is 462 g/mol. The Morgan fingerprint density at radius 2 is 1.35 bits per heavy atom. The smallest absolute Gasteiger partial charge is 0.331 e.